The van der Waals surface area contributed by atoms with Gasteiger partial charge in [-0.05, 0) is 11.1 Å². The fourth-order valence-electron chi connectivity index (χ4n) is 1.20. The summed E-state index contributed by atoms with van der Waals surface area (Å²) in [6.45, 7) is -0.434. The summed E-state index contributed by atoms with van der Waals surface area (Å²) in [6.07, 6.45) is 0. The molecule has 1 unspecified atom stereocenters. The van der Waals surface area contributed by atoms with E-state index in [1.165, 1.54) is 0 Å². The normalized spacial score (nSPS) is 12.5. The molecule has 0 aromatic heterocycles. The molecule has 0 aliphatic heterocycles. The second kappa shape index (κ2) is 7.79. The molecule has 0 saturated heterocycles. The molecule has 0 amide bonds. The zero-order valence-electron chi connectivity index (χ0n) is 10.1. The number of esters is 1. The van der Waals surface area contributed by atoms with Crippen LogP contribution in [0.25, 0.3) is 0 Å². The molecule has 5 N–H and O–H groups in total. The van der Waals surface area contributed by atoms with Gasteiger partial charge in [0.15, 0.2) is 0 Å². The maximum atomic E-state index is 11.2. The lowest BCUT2D eigenvalue weighted by molar-refractivity contribution is -0.497. The molecule has 0 saturated carbocycles. The van der Waals surface area contributed by atoms with Gasteiger partial charge < -0.3 is 15.6 Å². The summed E-state index contributed by atoms with van der Waals surface area (Å²) in [5.74, 6) is -0.675. The number of benzene rings is 1. The van der Waals surface area contributed by atoms with Crippen LogP contribution in [-0.2, 0) is 27.6 Å². The first-order chi connectivity index (χ1) is 9.02. The van der Waals surface area contributed by atoms with Gasteiger partial charge in [-0.1, -0.05) is 24.3 Å². The van der Waals surface area contributed by atoms with E-state index in [4.69, 9.17) is 26.0 Å². The van der Waals surface area contributed by atoms with Crippen LogP contribution in [0.3, 0.4) is 0 Å². The van der Waals surface area contributed by atoms with E-state index in [0.717, 1.165) is 5.56 Å². The van der Waals surface area contributed by atoms with Gasteiger partial charge in [-0.25, -0.2) is 4.84 Å². The molecule has 1 atom stereocenters. The SMILES string of the molecule is NC(CO)C(=O)OCc1ccc(CON(O)O)cc1. The minimum atomic E-state index is -1.03. The number of carbonyl (C=O) groups is 1. The number of ether oxygens (including phenoxy) is 1. The molecule has 0 radical (unpaired) electrons. The van der Waals surface area contributed by atoms with Crippen LogP contribution in [0.15, 0.2) is 24.3 Å². The Morgan fingerprint density at radius 2 is 1.74 bits per heavy atom. The fraction of sp³-hybridized carbons (Fsp3) is 0.364. The summed E-state index contributed by atoms with van der Waals surface area (Å²) in [7, 11) is 0. The van der Waals surface area contributed by atoms with Crippen LogP contribution in [0.5, 0.6) is 0 Å². The summed E-state index contributed by atoms with van der Waals surface area (Å²) in [5.41, 5.74) is 6.71. The van der Waals surface area contributed by atoms with Gasteiger partial charge in [-0.3, -0.25) is 15.2 Å². The van der Waals surface area contributed by atoms with Crippen LogP contribution in [0, 0.1) is 0 Å². The number of carbonyl (C=O) groups excluding carboxylic acids is 1. The van der Waals surface area contributed by atoms with Crippen molar-refractivity contribution in [2.24, 2.45) is 5.73 Å². The Morgan fingerprint density at radius 1 is 1.21 bits per heavy atom. The van der Waals surface area contributed by atoms with Crippen molar-refractivity contribution in [3.63, 3.8) is 0 Å². The van der Waals surface area contributed by atoms with Crippen molar-refractivity contribution >= 4 is 5.97 Å². The minimum absolute atomic E-state index is 0.0115. The maximum absolute atomic E-state index is 11.2. The van der Waals surface area contributed by atoms with E-state index in [0.29, 0.717) is 5.56 Å². The van der Waals surface area contributed by atoms with Gasteiger partial charge in [0.25, 0.3) is 0 Å². The second-order valence-electron chi connectivity index (χ2n) is 3.74. The molecule has 8 nitrogen and oxygen atoms in total. The van der Waals surface area contributed by atoms with Gasteiger partial charge in [-0.2, -0.15) is 0 Å². The number of nitrogens with zero attached hydrogens (tertiary/aromatic N) is 1. The van der Waals surface area contributed by atoms with E-state index in [1.807, 2.05) is 0 Å². The third kappa shape index (κ3) is 5.75. The fourth-order valence-corrected chi connectivity index (χ4v) is 1.20. The number of hydrogen-bond donors (Lipinski definition) is 4. The van der Waals surface area contributed by atoms with Gasteiger partial charge in [0, 0.05) is 0 Å². The zero-order chi connectivity index (χ0) is 14.3. The molecule has 1 aromatic carbocycles. The van der Waals surface area contributed by atoms with E-state index in [2.05, 4.69) is 4.84 Å². The van der Waals surface area contributed by atoms with Crippen LogP contribution >= 0.6 is 0 Å². The van der Waals surface area contributed by atoms with Crippen LogP contribution in [-0.4, -0.2) is 39.5 Å². The molecule has 1 rings (SSSR count). The summed E-state index contributed by atoms with van der Waals surface area (Å²) < 4.78 is 4.88. The minimum Gasteiger partial charge on any atom is -0.460 e. The molecule has 19 heavy (non-hydrogen) atoms. The lowest BCUT2D eigenvalue weighted by atomic mass is 10.1. The predicted molar refractivity (Wildman–Crippen MR) is 61.5 cm³/mol. The first-order valence-corrected chi connectivity index (χ1v) is 5.44. The van der Waals surface area contributed by atoms with Crippen molar-refractivity contribution in [3.8, 4) is 0 Å². The molecule has 0 bridgehead atoms. The molecular formula is C11H16N2O6. The molecule has 106 valence electrons. The molecule has 0 fully saturated rings. The molecule has 1 aromatic rings. The Kier molecular flexibility index (Phi) is 6.36. The number of aliphatic hydroxyl groups is 1. The predicted octanol–water partition coefficient (Wildman–Crippen LogP) is -0.439. The average molecular weight is 272 g/mol. The molecule has 0 aliphatic carbocycles. The standard InChI is InChI=1S/C11H16N2O6/c12-10(5-14)11(15)18-6-8-1-3-9(4-2-8)7-19-13(16)17/h1-4,10,14,16-17H,5-7,12H2. The van der Waals surface area contributed by atoms with Crippen LogP contribution in [0.2, 0.25) is 0 Å². The van der Waals surface area contributed by atoms with E-state index in [-0.39, 0.29) is 18.6 Å². The van der Waals surface area contributed by atoms with E-state index >= 15 is 0 Å². The number of aliphatic hydroxyl groups excluding tert-OH is 1. The van der Waals surface area contributed by atoms with Crippen molar-refractivity contribution < 1.29 is 29.9 Å². The van der Waals surface area contributed by atoms with Crippen molar-refractivity contribution in [3.05, 3.63) is 35.4 Å². The van der Waals surface area contributed by atoms with Gasteiger partial charge in [0.05, 0.1) is 18.6 Å². The Balaban J connectivity index is 2.42. The number of hydrogen-bond acceptors (Lipinski definition) is 8. The summed E-state index contributed by atoms with van der Waals surface area (Å²) >= 11 is 0. The first-order valence-electron chi connectivity index (χ1n) is 5.44. The van der Waals surface area contributed by atoms with Gasteiger partial charge in [-0.15, -0.1) is 0 Å². The van der Waals surface area contributed by atoms with Crippen molar-refractivity contribution in [2.75, 3.05) is 6.61 Å². The smallest absolute Gasteiger partial charge is 0.325 e. The van der Waals surface area contributed by atoms with Gasteiger partial charge >= 0.3 is 5.97 Å². The highest BCUT2D eigenvalue weighted by Crippen LogP contribution is 2.07. The highest BCUT2D eigenvalue weighted by Gasteiger charge is 2.13. The highest BCUT2D eigenvalue weighted by atomic mass is 17.1. The Hall–Kier alpha value is -1.55. The lowest BCUT2D eigenvalue weighted by Gasteiger charge is -2.09. The van der Waals surface area contributed by atoms with Crippen molar-refractivity contribution in [1.82, 2.24) is 5.39 Å². The Morgan fingerprint density at radius 3 is 2.21 bits per heavy atom. The average Bonchev–Trinajstić information content (AvgIpc) is 2.42. The molecule has 8 heteroatoms. The number of nitrogens with two attached hydrogens (primary N) is 1. The highest BCUT2D eigenvalue weighted by molar-refractivity contribution is 5.75. The van der Waals surface area contributed by atoms with E-state index < -0.39 is 18.6 Å². The van der Waals surface area contributed by atoms with Crippen molar-refractivity contribution in [2.45, 2.75) is 19.3 Å². The summed E-state index contributed by atoms with van der Waals surface area (Å²) in [4.78, 5) is 15.6. The van der Waals surface area contributed by atoms with Crippen LogP contribution in [0.1, 0.15) is 11.1 Å². The van der Waals surface area contributed by atoms with Gasteiger partial charge in [0.2, 0.25) is 0 Å². The molecule has 0 aliphatic rings. The second-order valence-corrected chi connectivity index (χ2v) is 3.74. The quantitative estimate of drug-likeness (QED) is 0.389. The van der Waals surface area contributed by atoms with Crippen molar-refractivity contribution in [1.29, 1.82) is 0 Å². The van der Waals surface area contributed by atoms with Gasteiger partial charge in [0.1, 0.15) is 12.6 Å². The topological polar surface area (TPSA) is 125 Å². The van der Waals surface area contributed by atoms with E-state index in [9.17, 15) is 4.79 Å². The summed E-state index contributed by atoms with van der Waals surface area (Å²) in [5, 5.41) is 25.0. The van der Waals surface area contributed by atoms with Crippen LogP contribution in [0.4, 0.5) is 0 Å². The van der Waals surface area contributed by atoms with Crippen LogP contribution < -0.4 is 5.73 Å². The molecule has 0 spiro atoms. The first kappa shape index (κ1) is 15.5. The lowest BCUT2D eigenvalue weighted by Crippen LogP contribution is -2.35. The van der Waals surface area contributed by atoms with E-state index in [1.54, 1.807) is 24.3 Å². The Bertz CT molecular complexity index is 395. The molecule has 0 heterocycles. The largest absolute Gasteiger partial charge is 0.460 e. The third-order valence-corrected chi connectivity index (χ3v) is 2.25. The molecular weight excluding hydrogens is 256 g/mol. The third-order valence-electron chi connectivity index (χ3n) is 2.25. The monoisotopic (exact) mass is 272 g/mol. The maximum Gasteiger partial charge on any atom is 0.325 e. The zero-order valence-corrected chi connectivity index (χ0v) is 10.1. The Labute approximate surface area is 109 Å². The number of rotatable bonds is 7. The summed E-state index contributed by atoms with van der Waals surface area (Å²) in [6, 6.07) is 5.70.